The van der Waals surface area contributed by atoms with E-state index in [0.717, 1.165) is 6.42 Å². The Balaban J connectivity index is 4.59. The standard InChI is InChI=1S/C14H22F2O2/c1-9(7-8-10(2)17-5)11(3)13(15)14(16)12(4)18-6/h9-10H,3-4,7-8H2,1-2,5-6H3/b14-13-. The molecule has 0 rings (SSSR count). The van der Waals surface area contributed by atoms with Gasteiger partial charge in [0.15, 0.2) is 11.7 Å². The monoisotopic (exact) mass is 260 g/mol. The maximum Gasteiger partial charge on any atom is 0.200 e. The van der Waals surface area contributed by atoms with Gasteiger partial charge in [-0.25, -0.2) is 4.39 Å². The van der Waals surface area contributed by atoms with Crippen LogP contribution in [0, 0.1) is 5.92 Å². The molecule has 2 unspecified atom stereocenters. The van der Waals surface area contributed by atoms with Gasteiger partial charge in [0, 0.05) is 7.11 Å². The molecule has 0 aromatic heterocycles. The maximum absolute atomic E-state index is 13.7. The summed E-state index contributed by atoms with van der Waals surface area (Å²) in [6, 6.07) is 0. The van der Waals surface area contributed by atoms with E-state index >= 15 is 0 Å². The van der Waals surface area contributed by atoms with Crippen LogP contribution in [0.5, 0.6) is 0 Å². The molecule has 0 aromatic carbocycles. The Morgan fingerprint density at radius 3 is 2.06 bits per heavy atom. The van der Waals surface area contributed by atoms with Crippen LogP contribution >= 0.6 is 0 Å². The molecule has 18 heavy (non-hydrogen) atoms. The number of halogens is 2. The molecule has 0 aromatic rings. The highest BCUT2D eigenvalue weighted by Gasteiger charge is 2.18. The van der Waals surface area contributed by atoms with E-state index in [9.17, 15) is 8.78 Å². The summed E-state index contributed by atoms with van der Waals surface area (Å²) >= 11 is 0. The van der Waals surface area contributed by atoms with Crippen molar-refractivity contribution in [3.05, 3.63) is 36.1 Å². The summed E-state index contributed by atoms with van der Waals surface area (Å²) in [6.07, 6.45) is 1.52. The summed E-state index contributed by atoms with van der Waals surface area (Å²) in [7, 11) is 2.86. The third kappa shape index (κ3) is 5.00. The van der Waals surface area contributed by atoms with Gasteiger partial charge in [-0.15, -0.1) is 0 Å². The van der Waals surface area contributed by atoms with Crippen LogP contribution in [-0.2, 0) is 9.47 Å². The molecule has 104 valence electrons. The molecule has 0 aliphatic rings. The Hall–Kier alpha value is -1.16. The lowest BCUT2D eigenvalue weighted by atomic mass is 9.94. The van der Waals surface area contributed by atoms with Gasteiger partial charge in [-0.2, -0.15) is 4.39 Å². The van der Waals surface area contributed by atoms with Gasteiger partial charge in [0.1, 0.15) is 5.76 Å². The van der Waals surface area contributed by atoms with Gasteiger partial charge in [-0.3, -0.25) is 0 Å². The lowest BCUT2D eigenvalue weighted by Gasteiger charge is -2.16. The largest absolute Gasteiger partial charge is 0.494 e. The van der Waals surface area contributed by atoms with Gasteiger partial charge in [-0.05, 0) is 31.3 Å². The Labute approximate surface area is 108 Å². The van der Waals surface area contributed by atoms with Crippen molar-refractivity contribution in [2.75, 3.05) is 14.2 Å². The number of ether oxygens (including phenoxy) is 2. The summed E-state index contributed by atoms with van der Waals surface area (Å²) in [6.45, 7) is 10.6. The average molecular weight is 260 g/mol. The first-order chi connectivity index (χ1) is 8.34. The second kappa shape index (κ2) is 8.03. The molecule has 0 aliphatic carbocycles. The van der Waals surface area contributed by atoms with Crippen molar-refractivity contribution in [3.63, 3.8) is 0 Å². The van der Waals surface area contributed by atoms with Crippen LogP contribution in [0.1, 0.15) is 26.7 Å². The van der Waals surface area contributed by atoms with E-state index in [1.54, 1.807) is 14.0 Å². The van der Waals surface area contributed by atoms with Crippen molar-refractivity contribution in [1.82, 2.24) is 0 Å². The maximum atomic E-state index is 13.7. The minimum Gasteiger partial charge on any atom is -0.494 e. The second-order valence-corrected chi connectivity index (χ2v) is 4.31. The van der Waals surface area contributed by atoms with E-state index in [2.05, 4.69) is 17.9 Å². The SMILES string of the molecule is C=C(OC)/C(F)=C(/F)C(=C)C(C)CCC(C)OC. The number of allylic oxidation sites excluding steroid dienone is 3. The molecular formula is C14H22F2O2. The predicted octanol–water partition coefficient (Wildman–Crippen LogP) is 4.30. The van der Waals surface area contributed by atoms with Crippen molar-refractivity contribution < 1.29 is 18.3 Å². The van der Waals surface area contributed by atoms with Gasteiger partial charge in [0.25, 0.3) is 0 Å². The van der Waals surface area contributed by atoms with E-state index in [1.165, 1.54) is 7.11 Å². The first-order valence-corrected chi connectivity index (χ1v) is 5.85. The number of hydrogen-bond donors (Lipinski definition) is 0. The van der Waals surface area contributed by atoms with Crippen LogP contribution in [0.25, 0.3) is 0 Å². The Bertz CT molecular complexity index is 335. The molecule has 2 nitrogen and oxygen atoms in total. The fourth-order valence-electron chi connectivity index (χ4n) is 1.35. The van der Waals surface area contributed by atoms with Crippen LogP contribution in [0.2, 0.25) is 0 Å². The van der Waals surface area contributed by atoms with Gasteiger partial charge in [0.05, 0.1) is 13.2 Å². The first-order valence-electron chi connectivity index (χ1n) is 5.85. The van der Waals surface area contributed by atoms with Crippen molar-refractivity contribution in [1.29, 1.82) is 0 Å². The van der Waals surface area contributed by atoms with Crippen LogP contribution in [0.3, 0.4) is 0 Å². The highest BCUT2D eigenvalue weighted by molar-refractivity contribution is 5.33. The number of hydrogen-bond acceptors (Lipinski definition) is 2. The van der Waals surface area contributed by atoms with Gasteiger partial charge >= 0.3 is 0 Å². The lowest BCUT2D eigenvalue weighted by Crippen LogP contribution is -2.09. The molecular weight excluding hydrogens is 238 g/mol. The molecule has 2 atom stereocenters. The number of rotatable bonds is 8. The Morgan fingerprint density at radius 1 is 1.06 bits per heavy atom. The fourth-order valence-corrected chi connectivity index (χ4v) is 1.35. The van der Waals surface area contributed by atoms with Crippen molar-refractivity contribution in [3.8, 4) is 0 Å². The fraction of sp³-hybridized carbons (Fsp3) is 0.571. The van der Waals surface area contributed by atoms with Gasteiger partial charge < -0.3 is 9.47 Å². The molecule has 4 heteroatoms. The first kappa shape index (κ1) is 16.8. The van der Waals surface area contributed by atoms with Gasteiger partial charge in [0.2, 0.25) is 0 Å². The van der Waals surface area contributed by atoms with E-state index in [0.29, 0.717) is 6.42 Å². The molecule has 0 saturated heterocycles. The average Bonchev–Trinajstić information content (AvgIpc) is 2.40. The van der Waals surface area contributed by atoms with Crippen LogP contribution < -0.4 is 0 Å². The second-order valence-electron chi connectivity index (χ2n) is 4.31. The third-order valence-corrected chi connectivity index (χ3v) is 2.97. The summed E-state index contributed by atoms with van der Waals surface area (Å²) < 4.78 is 36.8. The quantitative estimate of drug-likeness (QED) is 0.478. The third-order valence-electron chi connectivity index (χ3n) is 2.97. The smallest absolute Gasteiger partial charge is 0.200 e. The van der Waals surface area contributed by atoms with Gasteiger partial charge in [-0.1, -0.05) is 20.1 Å². The van der Waals surface area contributed by atoms with Crippen molar-refractivity contribution >= 4 is 0 Å². The molecule has 0 saturated carbocycles. The van der Waals surface area contributed by atoms with Crippen molar-refractivity contribution in [2.45, 2.75) is 32.8 Å². The van der Waals surface area contributed by atoms with E-state index < -0.39 is 11.7 Å². The van der Waals surface area contributed by atoms with Crippen LogP contribution in [-0.4, -0.2) is 20.3 Å². The zero-order valence-electron chi connectivity index (χ0n) is 11.6. The summed E-state index contributed by atoms with van der Waals surface area (Å²) in [5, 5.41) is 0. The van der Waals surface area contributed by atoms with E-state index in [-0.39, 0.29) is 23.4 Å². The molecule has 0 fully saturated rings. The molecule has 0 heterocycles. The topological polar surface area (TPSA) is 18.5 Å². The summed E-state index contributed by atoms with van der Waals surface area (Å²) in [4.78, 5) is 0. The summed E-state index contributed by atoms with van der Waals surface area (Å²) in [5.41, 5.74) is 0.119. The molecule has 0 amide bonds. The lowest BCUT2D eigenvalue weighted by molar-refractivity contribution is 0.106. The summed E-state index contributed by atoms with van der Waals surface area (Å²) in [5.74, 6) is -2.57. The minimum atomic E-state index is -1.09. The predicted molar refractivity (Wildman–Crippen MR) is 69.4 cm³/mol. The Morgan fingerprint density at radius 2 is 1.61 bits per heavy atom. The normalized spacial score (nSPS) is 15.7. The molecule has 0 spiro atoms. The van der Waals surface area contributed by atoms with E-state index in [1.807, 2.05) is 6.92 Å². The molecule has 0 bridgehead atoms. The van der Waals surface area contributed by atoms with Crippen molar-refractivity contribution in [2.24, 2.45) is 5.92 Å². The number of methoxy groups -OCH3 is 2. The Kier molecular flexibility index (Phi) is 7.51. The van der Waals surface area contributed by atoms with Crippen LogP contribution in [0.15, 0.2) is 36.1 Å². The molecule has 0 radical (unpaired) electrons. The van der Waals surface area contributed by atoms with Crippen LogP contribution in [0.4, 0.5) is 8.78 Å². The zero-order valence-corrected chi connectivity index (χ0v) is 11.6. The highest BCUT2D eigenvalue weighted by Crippen LogP contribution is 2.29. The molecule has 0 N–H and O–H groups in total. The molecule has 0 aliphatic heterocycles. The van der Waals surface area contributed by atoms with E-state index in [4.69, 9.17) is 4.74 Å². The highest BCUT2D eigenvalue weighted by atomic mass is 19.2. The minimum absolute atomic E-state index is 0.0890. The zero-order chi connectivity index (χ0) is 14.3.